The fraction of sp³-hybridized carbons (Fsp3) is 0.400. The minimum atomic E-state index is -0.304. The maximum absolute atomic E-state index is 12.8. The molecule has 0 spiro atoms. The zero-order valence-corrected chi connectivity index (χ0v) is 11.5. The molecule has 1 aliphatic rings. The van der Waals surface area contributed by atoms with Crippen LogP contribution in [0, 0.1) is 5.82 Å². The van der Waals surface area contributed by atoms with Crippen molar-refractivity contribution in [3.8, 4) is 0 Å². The van der Waals surface area contributed by atoms with Gasteiger partial charge in [-0.1, -0.05) is 6.08 Å². The number of anilines is 1. The lowest BCUT2D eigenvalue weighted by Crippen LogP contribution is -2.48. The first-order valence-electron chi connectivity index (χ1n) is 6.78. The number of hydrogen-bond donors (Lipinski definition) is 1. The number of benzene rings is 1. The molecule has 0 bridgehead atoms. The van der Waals surface area contributed by atoms with Gasteiger partial charge in [0, 0.05) is 38.4 Å². The lowest BCUT2D eigenvalue weighted by atomic mass is 10.3. The third-order valence-electron chi connectivity index (χ3n) is 3.35. The van der Waals surface area contributed by atoms with Crippen molar-refractivity contribution in [1.82, 2.24) is 9.80 Å². The number of piperazine rings is 1. The molecule has 20 heavy (non-hydrogen) atoms. The Hall–Kier alpha value is -1.72. The largest absolute Gasteiger partial charge is 0.325 e. The molecule has 1 N–H and O–H groups in total. The second kappa shape index (κ2) is 7.17. The molecule has 1 fully saturated rings. The van der Waals surface area contributed by atoms with E-state index in [1.807, 2.05) is 6.08 Å². The summed E-state index contributed by atoms with van der Waals surface area (Å²) in [5.41, 5.74) is 0.627. The van der Waals surface area contributed by atoms with E-state index in [2.05, 4.69) is 21.7 Å². The van der Waals surface area contributed by atoms with E-state index in [1.54, 1.807) is 12.1 Å². The van der Waals surface area contributed by atoms with E-state index in [0.29, 0.717) is 12.2 Å². The minimum absolute atomic E-state index is 0.0613. The molecular formula is C15H20FN3O. The van der Waals surface area contributed by atoms with Crippen molar-refractivity contribution >= 4 is 11.6 Å². The summed E-state index contributed by atoms with van der Waals surface area (Å²) < 4.78 is 12.8. The van der Waals surface area contributed by atoms with Gasteiger partial charge in [-0.15, -0.1) is 6.58 Å². The van der Waals surface area contributed by atoms with Crippen LogP contribution in [0.3, 0.4) is 0 Å². The molecule has 1 aromatic rings. The molecule has 0 saturated carbocycles. The number of amides is 1. The number of carbonyl (C=O) groups excluding carboxylic acids is 1. The van der Waals surface area contributed by atoms with E-state index in [1.165, 1.54) is 12.1 Å². The van der Waals surface area contributed by atoms with Crippen molar-refractivity contribution in [2.24, 2.45) is 0 Å². The highest BCUT2D eigenvalue weighted by Crippen LogP contribution is 2.08. The van der Waals surface area contributed by atoms with Gasteiger partial charge >= 0.3 is 0 Å². The summed E-state index contributed by atoms with van der Waals surface area (Å²) in [4.78, 5) is 16.3. The van der Waals surface area contributed by atoms with Crippen LogP contribution in [0.2, 0.25) is 0 Å². The molecule has 5 heteroatoms. The van der Waals surface area contributed by atoms with Crippen molar-refractivity contribution in [2.75, 3.05) is 44.6 Å². The SMILES string of the molecule is C=CCN1CCN(CC(=O)Nc2ccc(F)cc2)CC1. The van der Waals surface area contributed by atoms with Crippen molar-refractivity contribution in [3.05, 3.63) is 42.7 Å². The van der Waals surface area contributed by atoms with Crippen molar-refractivity contribution in [1.29, 1.82) is 0 Å². The average molecular weight is 277 g/mol. The van der Waals surface area contributed by atoms with Gasteiger partial charge in [0.05, 0.1) is 6.54 Å². The van der Waals surface area contributed by atoms with Crippen LogP contribution in [0.5, 0.6) is 0 Å². The van der Waals surface area contributed by atoms with E-state index in [-0.39, 0.29) is 11.7 Å². The third kappa shape index (κ3) is 4.43. The summed E-state index contributed by atoms with van der Waals surface area (Å²) in [5.74, 6) is -0.366. The van der Waals surface area contributed by atoms with Crippen LogP contribution < -0.4 is 5.32 Å². The second-order valence-electron chi connectivity index (χ2n) is 4.92. The van der Waals surface area contributed by atoms with Crippen molar-refractivity contribution in [3.63, 3.8) is 0 Å². The van der Waals surface area contributed by atoms with Gasteiger partial charge < -0.3 is 5.32 Å². The van der Waals surface area contributed by atoms with E-state index in [0.717, 1.165) is 32.7 Å². The predicted octanol–water partition coefficient (Wildman–Crippen LogP) is 1.57. The monoisotopic (exact) mass is 277 g/mol. The highest BCUT2D eigenvalue weighted by atomic mass is 19.1. The smallest absolute Gasteiger partial charge is 0.238 e. The fourth-order valence-corrected chi connectivity index (χ4v) is 2.25. The highest BCUT2D eigenvalue weighted by Gasteiger charge is 2.17. The molecule has 0 unspecified atom stereocenters. The van der Waals surface area contributed by atoms with E-state index >= 15 is 0 Å². The average Bonchev–Trinajstić information content (AvgIpc) is 2.44. The number of rotatable bonds is 5. The number of nitrogens with one attached hydrogen (secondary N) is 1. The van der Waals surface area contributed by atoms with E-state index in [9.17, 15) is 9.18 Å². The Morgan fingerprint density at radius 1 is 1.20 bits per heavy atom. The summed E-state index contributed by atoms with van der Waals surface area (Å²) in [6.45, 7) is 8.67. The molecule has 1 aromatic carbocycles. The van der Waals surface area contributed by atoms with Crippen LogP contribution in [0.1, 0.15) is 0 Å². The molecule has 4 nitrogen and oxygen atoms in total. The Morgan fingerprint density at radius 3 is 2.40 bits per heavy atom. The quantitative estimate of drug-likeness (QED) is 0.830. The van der Waals surface area contributed by atoms with Gasteiger partial charge in [-0.05, 0) is 24.3 Å². The first-order valence-corrected chi connectivity index (χ1v) is 6.78. The topological polar surface area (TPSA) is 35.6 Å². The van der Waals surface area contributed by atoms with E-state index < -0.39 is 0 Å². The van der Waals surface area contributed by atoms with Gasteiger partial charge in [-0.2, -0.15) is 0 Å². The lowest BCUT2D eigenvalue weighted by Gasteiger charge is -2.33. The molecule has 108 valence electrons. The first kappa shape index (κ1) is 14.7. The van der Waals surface area contributed by atoms with Crippen LogP contribution in [0.4, 0.5) is 10.1 Å². The van der Waals surface area contributed by atoms with E-state index in [4.69, 9.17) is 0 Å². The Kier molecular flexibility index (Phi) is 5.26. The van der Waals surface area contributed by atoms with Crippen LogP contribution >= 0.6 is 0 Å². The Morgan fingerprint density at radius 2 is 1.80 bits per heavy atom. The summed E-state index contributed by atoms with van der Waals surface area (Å²) >= 11 is 0. The van der Waals surface area contributed by atoms with Crippen molar-refractivity contribution in [2.45, 2.75) is 0 Å². The lowest BCUT2D eigenvalue weighted by molar-refractivity contribution is -0.117. The van der Waals surface area contributed by atoms with Crippen LogP contribution in [-0.4, -0.2) is 55.0 Å². The normalized spacial score (nSPS) is 16.9. The molecule has 0 aromatic heterocycles. The van der Waals surface area contributed by atoms with Crippen LogP contribution in [-0.2, 0) is 4.79 Å². The van der Waals surface area contributed by atoms with Gasteiger partial charge in [-0.25, -0.2) is 4.39 Å². The zero-order valence-electron chi connectivity index (χ0n) is 11.5. The highest BCUT2D eigenvalue weighted by molar-refractivity contribution is 5.92. The Bertz CT molecular complexity index is 453. The molecular weight excluding hydrogens is 257 g/mol. The summed E-state index contributed by atoms with van der Waals surface area (Å²) in [6.07, 6.45) is 1.90. The van der Waals surface area contributed by atoms with Crippen LogP contribution in [0.15, 0.2) is 36.9 Å². The third-order valence-corrected chi connectivity index (χ3v) is 3.35. The summed E-state index contributed by atoms with van der Waals surface area (Å²) in [6, 6.07) is 5.80. The van der Waals surface area contributed by atoms with Crippen molar-refractivity contribution < 1.29 is 9.18 Å². The summed E-state index contributed by atoms with van der Waals surface area (Å²) in [5, 5.41) is 2.78. The van der Waals surface area contributed by atoms with Gasteiger partial charge in [0.1, 0.15) is 5.82 Å². The van der Waals surface area contributed by atoms with Crippen LogP contribution in [0.25, 0.3) is 0 Å². The number of nitrogens with zero attached hydrogens (tertiary/aromatic N) is 2. The minimum Gasteiger partial charge on any atom is -0.325 e. The standard InChI is InChI=1S/C15H20FN3O/c1-2-7-18-8-10-19(11-9-18)12-15(20)17-14-5-3-13(16)4-6-14/h2-6H,1,7-12H2,(H,17,20). The molecule has 0 aliphatic carbocycles. The van der Waals surface area contributed by atoms with Gasteiger partial charge in [0.2, 0.25) is 5.91 Å². The molecule has 0 atom stereocenters. The fourth-order valence-electron chi connectivity index (χ4n) is 2.25. The van der Waals surface area contributed by atoms with Gasteiger partial charge in [-0.3, -0.25) is 14.6 Å². The Labute approximate surface area is 118 Å². The number of hydrogen-bond acceptors (Lipinski definition) is 3. The molecule has 0 radical (unpaired) electrons. The maximum atomic E-state index is 12.8. The predicted molar refractivity (Wildman–Crippen MR) is 78.1 cm³/mol. The summed E-state index contributed by atoms with van der Waals surface area (Å²) in [7, 11) is 0. The first-order chi connectivity index (χ1) is 9.67. The molecule has 1 heterocycles. The van der Waals surface area contributed by atoms with Gasteiger partial charge in [0.25, 0.3) is 0 Å². The zero-order chi connectivity index (χ0) is 14.4. The molecule has 1 amide bonds. The Balaban J connectivity index is 1.75. The van der Waals surface area contributed by atoms with Gasteiger partial charge in [0.15, 0.2) is 0 Å². The molecule has 1 saturated heterocycles. The second-order valence-corrected chi connectivity index (χ2v) is 4.92. The molecule has 2 rings (SSSR count). The maximum Gasteiger partial charge on any atom is 0.238 e. The molecule has 1 aliphatic heterocycles. The number of halogens is 1. The number of carbonyl (C=O) groups is 1.